The minimum atomic E-state index is -0.736. The SMILES string of the molecule is CNCCCC(C#N)(c1ccccc1)c1cc(OC)cc(OC)c1. The van der Waals surface area contributed by atoms with Crippen LogP contribution < -0.4 is 14.8 Å². The molecule has 1 N–H and O–H groups in total. The third-order valence-electron chi connectivity index (χ3n) is 4.28. The number of nitrogens with one attached hydrogen (secondary N) is 1. The lowest BCUT2D eigenvalue weighted by molar-refractivity contribution is 0.391. The second kappa shape index (κ2) is 8.37. The lowest BCUT2D eigenvalue weighted by atomic mass is 9.72. The molecule has 0 radical (unpaired) electrons. The fourth-order valence-corrected chi connectivity index (χ4v) is 2.95. The number of ether oxygens (including phenoxy) is 2. The van der Waals surface area contributed by atoms with Gasteiger partial charge >= 0.3 is 0 Å². The Morgan fingerprint density at radius 3 is 2.12 bits per heavy atom. The van der Waals surface area contributed by atoms with Crippen molar-refractivity contribution in [1.82, 2.24) is 5.32 Å². The van der Waals surface area contributed by atoms with Crippen LogP contribution >= 0.6 is 0 Å². The smallest absolute Gasteiger partial charge is 0.122 e. The Balaban J connectivity index is 2.59. The third kappa shape index (κ3) is 3.69. The zero-order chi connectivity index (χ0) is 17.4. The van der Waals surface area contributed by atoms with Gasteiger partial charge in [0, 0.05) is 6.07 Å². The molecule has 1 unspecified atom stereocenters. The van der Waals surface area contributed by atoms with Crippen LogP contribution in [0.3, 0.4) is 0 Å². The second-order valence-corrected chi connectivity index (χ2v) is 5.69. The van der Waals surface area contributed by atoms with E-state index < -0.39 is 5.41 Å². The summed E-state index contributed by atoms with van der Waals surface area (Å²) in [6.07, 6.45) is 1.60. The predicted molar refractivity (Wildman–Crippen MR) is 95.5 cm³/mol. The largest absolute Gasteiger partial charge is 0.497 e. The number of methoxy groups -OCH3 is 2. The molecule has 0 spiro atoms. The first-order chi connectivity index (χ1) is 11.7. The van der Waals surface area contributed by atoms with Gasteiger partial charge in [-0.1, -0.05) is 30.3 Å². The first-order valence-electron chi connectivity index (χ1n) is 8.05. The van der Waals surface area contributed by atoms with Gasteiger partial charge in [-0.3, -0.25) is 0 Å². The molecular formula is C20H24N2O2. The van der Waals surface area contributed by atoms with E-state index in [2.05, 4.69) is 11.4 Å². The summed E-state index contributed by atoms with van der Waals surface area (Å²) in [5, 5.41) is 13.3. The number of nitriles is 1. The summed E-state index contributed by atoms with van der Waals surface area (Å²) >= 11 is 0. The molecule has 0 aromatic heterocycles. The summed E-state index contributed by atoms with van der Waals surface area (Å²) in [4.78, 5) is 0. The maximum absolute atomic E-state index is 10.2. The highest BCUT2D eigenvalue weighted by atomic mass is 16.5. The molecule has 0 saturated carbocycles. The van der Waals surface area contributed by atoms with Gasteiger partial charge in [0.05, 0.1) is 20.3 Å². The molecule has 0 saturated heterocycles. The molecule has 24 heavy (non-hydrogen) atoms. The van der Waals surface area contributed by atoms with Crippen LogP contribution in [0.2, 0.25) is 0 Å². The summed E-state index contributed by atoms with van der Waals surface area (Å²) in [5.41, 5.74) is 1.14. The van der Waals surface area contributed by atoms with Crippen LogP contribution in [0.5, 0.6) is 11.5 Å². The molecular weight excluding hydrogens is 300 g/mol. The Bertz CT molecular complexity index is 672. The summed E-state index contributed by atoms with van der Waals surface area (Å²) in [5.74, 6) is 1.38. The van der Waals surface area contributed by atoms with Gasteiger partial charge in [0.25, 0.3) is 0 Å². The Hall–Kier alpha value is -2.51. The van der Waals surface area contributed by atoms with Crippen LogP contribution in [0.25, 0.3) is 0 Å². The molecule has 2 aromatic carbocycles. The molecule has 2 aromatic rings. The van der Waals surface area contributed by atoms with E-state index in [9.17, 15) is 5.26 Å². The zero-order valence-electron chi connectivity index (χ0n) is 14.5. The molecule has 0 heterocycles. The van der Waals surface area contributed by atoms with E-state index in [-0.39, 0.29) is 0 Å². The summed E-state index contributed by atoms with van der Waals surface area (Å²) in [7, 11) is 5.16. The van der Waals surface area contributed by atoms with Crippen molar-refractivity contribution in [2.24, 2.45) is 0 Å². The Morgan fingerprint density at radius 1 is 1.00 bits per heavy atom. The van der Waals surface area contributed by atoms with E-state index >= 15 is 0 Å². The minimum Gasteiger partial charge on any atom is -0.497 e. The van der Waals surface area contributed by atoms with Crippen LogP contribution in [-0.4, -0.2) is 27.8 Å². The predicted octanol–water partition coefficient (Wildman–Crippen LogP) is 3.51. The third-order valence-corrected chi connectivity index (χ3v) is 4.28. The molecule has 4 heteroatoms. The normalized spacial score (nSPS) is 12.9. The van der Waals surface area contributed by atoms with Gasteiger partial charge < -0.3 is 14.8 Å². The van der Waals surface area contributed by atoms with E-state index in [1.54, 1.807) is 14.2 Å². The number of nitrogens with zero attached hydrogens (tertiary/aromatic N) is 1. The Kier molecular flexibility index (Phi) is 6.22. The summed E-state index contributed by atoms with van der Waals surface area (Å²) < 4.78 is 10.8. The van der Waals surface area contributed by atoms with E-state index in [1.165, 1.54) is 0 Å². The zero-order valence-corrected chi connectivity index (χ0v) is 14.5. The fraction of sp³-hybridized carbons (Fsp3) is 0.350. The van der Waals surface area contributed by atoms with Crippen molar-refractivity contribution in [3.8, 4) is 17.6 Å². The van der Waals surface area contributed by atoms with Crippen LogP contribution in [0, 0.1) is 11.3 Å². The molecule has 0 bridgehead atoms. The molecule has 4 nitrogen and oxygen atoms in total. The average molecular weight is 324 g/mol. The minimum absolute atomic E-state index is 0.688. The van der Waals surface area contributed by atoms with E-state index in [0.29, 0.717) is 17.9 Å². The van der Waals surface area contributed by atoms with E-state index in [4.69, 9.17) is 9.47 Å². The fourth-order valence-electron chi connectivity index (χ4n) is 2.95. The van der Waals surface area contributed by atoms with Crippen LogP contribution in [0.4, 0.5) is 0 Å². The van der Waals surface area contributed by atoms with Gasteiger partial charge in [0.1, 0.15) is 16.9 Å². The van der Waals surface area contributed by atoms with Crippen LogP contribution in [-0.2, 0) is 5.41 Å². The molecule has 1 atom stereocenters. The van der Waals surface area contributed by atoms with Crippen molar-refractivity contribution in [2.45, 2.75) is 18.3 Å². The number of hydrogen-bond acceptors (Lipinski definition) is 4. The van der Waals surface area contributed by atoms with Crippen molar-refractivity contribution in [3.05, 3.63) is 59.7 Å². The maximum Gasteiger partial charge on any atom is 0.122 e. The van der Waals surface area contributed by atoms with Crippen LogP contribution in [0.15, 0.2) is 48.5 Å². The van der Waals surface area contributed by atoms with Gasteiger partial charge in [0.15, 0.2) is 0 Å². The molecule has 126 valence electrons. The van der Waals surface area contributed by atoms with Gasteiger partial charge in [-0.15, -0.1) is 0 Å². The lowest BCUT2D eigenvalue weighted by Gasteiger charge is -2.28. The topological polar surface area (TPSA) is 54.3 Å². The van der Waals surface area contributed by atoms with E-state index in [0.717, 1.165) is 24.1 Å². The highest BCUT2D eigenvalue weighted by Crippen LogP contribution is 2.39. The molecule has 2 rings (SSSR count). The van der Waals surface area contributed by atoms with Crippen molar-refractivity contribution < 1.29 is 9.47 Å². The molecule has 0 aliphatic carbocycles. The number of rotatable bonds is 8. The highest BCUT2D eigenvalue weighted by molar-refractivity contribution is 5.51. The second-order valence-electron chi connectivity index (χ2n) is 5.69. The average Bonchev–Trinajstić information content (AvgIpc) is 2.65. The van der Waals surface area contributed by atoms with Gasteiger partial charge in [-0.25, -0.2) is 0 Å². The Morgan fingerprint density at radius 2 is 1.62 bits per heavy atom. The summed E-state index contributed by atoms with van der Waals surface area (Å²) in [6.45, 7) is 0.858. The van der Waals surface area contributed by atoms with Crippen LogP contribution in [0.1, 0.15) is 24.0 Å². The standard InChI is InChI=1S/C20H24N2O2/c1-22-11-7-10-20(15-21,16-8-5-4-6-9-16)17-12-18(23-2)14-19(13-17)24-3/h4-6,8-9,12-14,22H,7,10-11H2,1-3H3. The van der Waals surface area contributed by atoms with E-state index in [1.807, 2.05) is 55.6 Å². The molecule has 0 aliphatic rings. The molecule has 0 aliphatic heterocycles. The van der Waals surface area contributed by atoms with Gasteiger partial charge in [-0.05, 0) is 49.7 Å². The van der Waals surface area contributed by atoms with Gasteiger partial charge in [0.2, 0.25) is 0 Å². The van der Waals surface area contributed by atoms with Crippen molar-refractivity contribution in [3.63, 3.8) is 0 Å². The first-order valence-corrected chi connectivity index (χ1v) is 8.05. The number of hydrogen-bond donors (Lipinski definition) is 1. The lowest BCUT2D eigenvalue weighted by Crippen LogP contribution is -2.27. The first kappa shape index (κ1) is 17.8. The summed E-state index contributed by atoms with van der Waals surface area (Å²) in [6, 6.07) is 18.2. The maximum atomic E-state index is 10.2. The van der Waals surface area contributed by atoms with Crippen molar-refractivity contribution >= 4 is 0 Å². The van der Waals surface area contributed by atoms with Crippen molar-refractivity contribution in [2.75, 3.05) is 27.8 Å². The van der Waals surface area contributed by atoms with Gasteiger partial charge in [-0.2, -0.15) is 5.26 Å². The monoisotopic (exact) mass is 324 g/mol. The highest BCUT2D eigenvalue weighted by Gasteiger charge is 2.34. The number of benzene rings is 2. The molecule has 0 fully saturated rings. The quantitative estimate of drug-likeness (QED) is 0.755. The molecule has 0 amide bonds. The van der Waals surface area contributed by atoms with Crippen molar-refractivity contribution in [1.29, 1.82) is 5.26 Å². The Labute approximate surface area is 144 Å².